The van der Waals surface area contributed by atoms with Crippen molar-refractivity contribution in [2.24, 2.45) is 0 Å². The minimum absolute atomic E-state index is 0.266. The predicted octanol–water partition coefficient (Wildman–Crippen LogP) is 2.13. The maximum Gasteiger partial charge on any atom is 0.170 e. The molecule has 2 aliphatic carbocycles. The molecule has 116 valence electrons. The van der Waals surface area contributed by atoms with E-state index >= 15 is 0 Å². The maximum atomic E-state index is 5.98. The van der Waals surface area contributed by atoms with Crippen LogP contribution in [-0.2, 0) is 9.47 Å². The molecular formula is C16H30N2O2. The highest BCUT2D eigenvalue weighted by Gasteiger charge is 2.48. The molecule has 0 amide bonds. The number of hydrogen-bond donors (Lipinski definition) is 1. The molecule has 0 radical (unpaired) electrons. The van der Waals surface area contributed by atoms with Crippen molar-refractivity contribution in [1.82, 2.24) is 10.2 Å². The Kier molecular flexibility index (Phi) is 4.65. The van der Waals surface area contributed by atoms with E-state index in [-0.39, 0.29) is 5.79 Å². The van der Waals surface area contributed by atoms with E-state index in [1.165, 1.54) is 32.2 Å². The average molecular weight is 282 g/mol. The summed E-state index contributed by atoms with van der Waals surface area (Å²) in [6.07, 6.45) is 8.59. The fourth-order valence-electron chi connectivity index (χ4n) is 3.94. The number of unbranched alkanes of at least 4 members (excludes halogenated alkanes) is 1. The third-order valence-electron chi connectivity index (χ3n) is 5.22. The number of nitrogens with zero attached hydrogens (tertiary/aromatic N) is 1. The minimum Gasteiger partial charge on any atom is -0.347 e. The standard InChI is InChI=1S/C16H30N2O2/c1-3-4-9-18(13-5-6-13)15-12-16(19-10-11-20-16)8-7-14(15)17-2/h13-15,17H,3-12H2,1-2H3. The first-order valence-electron chi connectivity index (χ1n) is 8.49. The zero-order valence-electron chi connectivity index (χ0n) is 13.1. The van der Waals surface area contributed by atoms with E-state index in [4.69, 9.17) is 9.47 Å². The summed E-state index contributed by atoms with van der Waals surface area (Å²) in [5.74, 6) is -0.266. The second-order valence-electron chi connectivity index (χ2n) is 6.64. The van der Waals surface area contributed by atoms with Gasteiger partial charge in [-0.3, -0.25) is 4.90 Å². The fraction of sp³-hybridized carbons (Fsp3) is 1.00. The summed E-state index contributed by atoms with van der Waals surface area (Å²) in [4.78, 5) is 2.76. The lowest BCUT2D eigenvalue weighted by molar-refractivity contribution is -0.193. The van der Waals surface area contributed by atoms with Gasteiger partial charge >= 0.3 is 0 Å². The van der Waals surface area contributed by atoms with E-state index in [1.807, 2.05) is 0 Å². The summed E-state index contributed by atoms with van der Waals surface area (Å²) in [6.45, 7) is 5.07. The lowest BCUT2D eigenvalue weighted by atomic mass is 9.84. The van der Waals surface area contributed by atoms with Crippen LogP contribution < -0.4 is 5.32 Å². The van der Waals surface area contributed by atoms with Crippen LogP contribution in [0.25, 0.3) is 0 Å². The van der Waals surface area contributed by atoms with Gasteiger partial charge in [-0.2, -0.15) is 0 Å². The third kappa shape index (κ3) is 3.03. The molecule has 3 fully saturated rings. The molecule has 0 bridgehead atoms. The fourth-order valence-corrected chi connectivity index (χ4v) is 3.94. The summed E-state index contributed by atoms with van der Waals surface area (Å²) in [5, 5.41) is 3.55. The Labute approximate surface area is 123 Å². The molecule has 4 heteroatoms. The molecule has 0 aromatic carbocycles. The predicted molar refractivity (Wildman–Crippen MR) is 79.8 cm³/mol. The van der Waals surface area contributed by atoms with Crippen molar-refractivity contribution in [3.05, 3.63) is 0 Å². The molecule has 1 N–H and O–H groups in total. The van der Waals surface area contributed by atoms with Gasteiger partial charge in [0.05, 0.1) is 13.2 Å². The third-order valence-corrected chi connectivity index (χ3v) is 5.22. The van der Waals surface area contributed by atoms with Gasteiger partial charge in [0.25, 0.3) is 0 Å². The minimum atomic E-state index is -0.266. The molecule has 4 nitrogen and oxygen atoms in total. The topological polar surface area (TPSA) is 33.7 Å². The van der Waals surface area contributed by atoms with Gasteiger partial charge in [-0.15, -0.1) is 0 Å². The summed E-state index contributed by atoms with van der Waals surface area (Å²) in [5.41, 5.74) is 0. The van der Waals surface area contributed by atoms with Crippen LogP contribution in [0.4, 0.5) is 0 Å². The van der Waals surface area contributed by atoms with Crippen molar-refractivity contribution in [2.75, 3.05) is 26.8 Å². The normalized spacial score (nSPS) is 33.1. The van der Waals surface area contributed by atoms with Crippen LogP contribution >= 0.6 is 0 Å². The number of likely N-dealkylation sites (N-methyl/N-ethyl adjacent to an activating group) is 1. The van der Waals surface area contributed by atoms with Crippen LogP contribution in [0, 0.1) is 0 Å². The van der Waals surface area contributed by atoms with Crippen molar-refractivity contribution >= 4 is 0 Å². The van der Waals surface area contributed by atoms with E-state index in [0.717, 1.165) is 38.5 Å². The molecule has 0 aromatic rings. The van der Waals surface area contributed by atoms with Crippen LogP contribution in [-0.4, -0.2) is 55.6 Å². The lowest BCUT2D eigenvalue weighted by Gasteiger charge is -2.46. The first-order chi connectivity index (χ1) is 9.78. The monoisotopic (exact) mass is 282 g/mol. The SMILES string of the molecule is CCCCN(C1CC1)C1CC2(CCC1NC)OCCO2. The Morgan fingerprint density at radius 3 is 2.55 bits per heavy atom. The zero-order valence-corrected chi connectivity index (χ0v) is 13.1. The van der Waals surface area contributed by atoms with Gasteiger partial charge in [0.1, 0.15) is 0 Å². The van der Waals surface area contributed by atoms with Gasteiger partial charge < -0.3 is 14.8 Å². The smallest absolute Gasteiger partial charge is 0.170 e. The first kappa shape index (κ1) is 14.8. The molecule has 2 saturated carbocycles. The lowest BCUT2D eigenvalue weighted by Crippen LogP contribution is -2.57. The molecular weight excluding hydrogens is 252 g/mol. The summed E-state index contributed by atoms with van der Waals surface area (Å²) < 4.78 is 12.0. The van der Waals surface area contributed by atoms with Crippen LogP contribution in [0.5, 0.6) is 0 Å². The van der Waals surface area contributed by atoms with E-state index in [0.29, 0.717) is 12.1 Å². The van der Waals surface area contributed by atoms with Crippen LogP contribution in [0.15, 0.2) is 0 Å². The molecule has 0 aromatic heterocycles. The molecule has 2 unspecified atom stereocenters. The maximum absolute atomic E-state index is 5.98. The molecule has 1 heterocycles. The molecule has 3 aliphatic rings. The Bertz CT molecular complexity index is 314. The van der Waals surface area contributed by atoms with Crippen molar-refractivity contribution in [3.63, 3.8) is 0 Å². The van der Waals surface area contributed by atoms with Gasteiger partial charge in [-0.05, 0) is 39.3 Å². The average Bonchev–Trinajstić information content (AvgIpc) is 3.21. The van der Waals surface area contributed by atoms with Crippen LogP contribution in [0.2, 0.25) is 0 Å². The first-order valence-corrected chi connectivity index (χ1v) is 8.49. The van der Waals surface area contributed by atoms with Crippen molar-refractivity contribution < 1.29 is 9.47 Å². The number of rotatable bonds is 6. The molecule has 3 rings (SSSR count). The Morgan fingerprint density at radius 1 is 1.20 bits per heavy atom. The molecule has 20 heavy (non-hydrogen) atoms. The molecule has 2 atom stereocenters. The van der Waals surface area contributed by atoms with Gasteiger partial charge in [0.2, 0.25) is 0 Å². The number of hydrogen-bond acceptors (Lipinski definition) is 4. The van der Waals surface area contributed by atoms with E-state index in [2.05, 4.69) is 24.2 Å². The molecule has 1 aliphatic heterocycles. The summed E-state index contributed by atoms with van der Waals surface area (Å²) in [7, 11) is 2.11. The second-order valence-corrected chi connectivity index (χ2v) is 6.64. The van der Waals surface area contributed by atoms with E-state index in [9.17, 15) is 0 Å². The quantitative estimate of drug-likeness (QED) is 0.809. The molecule has 1 spiro atoms. The van der Waals surface area contributed by atoms with Gasteiger partial charge in [-0.25, -0.2) is 0 Å². The van der Waals surface area contributed by atoms with Gasteiger partial charge in [0.15, 0.2) is 5.79 Å². The van der Waals surface area contributed by atoms with Crippen molar-refractivity contribution in [3.8, 4) is 0 Å². The molecule has 1 saturated heterocycles. The summed E-state index contributed by atoms with van der Waals surface area (Å²) in [6, 6.07) is 1.98. The van der Waals surface area contributed by atoms with Crippen molar-refractivity contribution in [2.45, 2.75) is 75.8 Å². The highest BCUT2D eigenvalue weighted by atomic mass is 16.7. The van der Waals surface area contributed by atoms with E-state index < -0.39 is 0 Å². The Balaban J connectivity index is 1.71. The summed E-state index contributed by atoms with van der Waals surface area (Å²) >= 11 is 0. The zero-order chi connectivity index (χ0) is 14.0. The largest absolute Gasteiger partial charge is 0.347 e. The van der Waals surface area contributed by atoms with Gasteiger partial charge in [-0.1, -0.05) is 13.3 Å². The number of nitrogens with one attached hydrogen (secondary N) is 1. The Hall–Kier alpha value is -0.160. The highest BCUT2D eigenvalue weighted by Crippen LogP contribution is 2.41. The van der Waals surface area contributed by atoms with Crippen molar-refractivity contribution in [1.29, 1.82) is 0 Å². The van der Waals surface area contributed by atoms with Crippen LogP contribution in [0.3, 0.4) is 0 Å². The number of ether oxygens (including phenoxy) is 2. The second kappa shape index (κ2) is 6.30. The highest BCUT2D eigenvalue weighted by molar-refractivity contribution is 5.00. The van der Waals surface area contributed by atoms with Crippen LogP contribution in [0.1, 0.15) is 51.9 Å². The van der Waals surface area contributed by atoms with Gasteiger partial charge in [0, 0.05) is 31.0 Å². The van der Waals surface area contributed by atoms with E-state index in [1.54, 1.807) is 0 Å². The Morgan fingerprint density at radius 2 is 1.95 bits per heavy atom.